The number of nitrogens with one attached hydrogen (secondary N) is 1. The van der Waals surface area contributed by atoms with Gasteiger partial charge in [0.2, 0.25) is 5.91 Å². The van der Waals surface area contributed by atoms with Crippen LogP contribution < -0.4 is 10.2 Å². The number of halogens is 1. The van der Waals surface area contributed by atoms with Crippen LogP contribution in [0.4, 0.5) is 11.4 Å². The zero-order valence-electron chi connectivity index (χ0n) is 13.7. The van der Waals surface area contributed by atoms with Crippen molar-refractivity contribution in [2.24, 2.45) is 0 Å². The number of imide groups is 1. The number of aromatic carboxylic acids is 2. The Morgan fingerprint density at radius 2 is 1.56 bits per heavy atom. The topological polar surface area (TPSA) is 124 Å². The molecule has 1 fully saturated rings. The zero-order valence-corrected chi connectivity index (χ0v) is 14.4. The van der Waals surface area contributed by atoms with E-state index in [0.29, 0.717) is 10.7 Å². The van der Waals surface area contributed by atoms with Crippen LogP contribution >= 0.6 is 11.6 Å². The molecule has 3 rings (SSSR count). The maximum Gasteiger partial charge on any atom is 0.335 e. The summed E-state index contributed by atoms with van der Waals surface area (Å²) >= 11 is 5.81. The second kappa shape index (κ2) is 7.08. The summed E-state index contributed by atoms with van der Waals surface area (Å²) < 4.78 is 0. The van der Waals surface area contributed by atoms with Crippen molar-refractivity contribution in [1.29, 1.82) is 0 Å². The molecule has 1 aliphatic rings. The van der Waals surface area contributed by atoms with E-state index in [2.05, 4.69) is 5.32 Å². The van der Waals surface area contributed by atoms with Gasteiger partial charge in [-0.25, -0.2) is 14.5 Å². The first-order valence-electron chi connectivity index (χ1n) is 7.77. The first-order chi connectivity index (χ1) is 12.8. The molecule has 1 heterocycles. The number of nitrogens with zero attached hydrogens (tertiary/aromatic N) is 1. The molecule has 1 atom stereocenters. The molecule has 0 aromatic heterocycles. The van der Waals surface area contributed by atoms with Crippen LogP contribution in [0, 0.1) is 0 Å². The van der Waals surface area contributed by atoms with E-state index in [4.69, 9.17) is 21.8 Å². The lowest BCUT2D eigenvalue weighted by molar-refractivity contribution is -0.121. The number of carboxylic acids is 2. The van der Waals surface area contributed by atoms with Gasteiger partial charge in [-0.15, -0.1) is 0 Å². The first-order valence-corrected chi connectivity index (χ1v) is 8.14. The monoisotopic (exact) mass is 388 g/mol. The van der Waals surface area contributed by atoms with Gasteiger partial charge in [-0.05, 0) is 42.5 Å². The maximum atomic E-state index is 12.7. The van der Waals surface area contributed by atoms with Gasteiger partial charge in [0.1, 0.15) is 6.04 Å². The summed E-state index contributed by atoms with van der Waals surface area (Å²) in [6.45, 7) is 0. The minimum atomic E-state index is -1.37. The molecule has 9 heteroatoms. The van der Waals surface area contributed by atoms with Crippen LogP contribution in [0.1, 0.15) is 27.1 Å². The van der Waals surface area contributed by atoms with Crippen molar-refractivity contribution in [3.63, 3.8) is 0 Å². The summed E-state index contributed by atoms with van der Waals surface area (Å²) in [5, 5.41) is 21.7. The Morgan fingerprint density at radius 3 is 2.07 bits per heavy atom. The molecular weight excluding hydrogens is 376 g/mol. The predicted molar refractivity (Wildman–Crippen MR) is 96.3 cm³/mol. The van der Waals surface area contributed by atoms with Crippen LogP contribution in [0.25, 0.3) is 0 Å². The number of carboxylic acid groups (broad SMARTS) is 2. The highest BCUT2D eigenvalue weighted by molar-refractivity contribution is 6.30. The number of benzene rings is 2. The van der Waals surface area contributed by atoms with Gasteiger partial charge in [-0.2, -0.15) is 0 Å². The summed E-state index contributed by atoms with van der Waals surface area (Å²) in [5.74, 6) is -3.90. The highest BCUT2D eigenvalue weighted by Gasteiger charge is 2.40. The largest absolute Gasteiger partial charge is 0.478 e. The van der Waals surface area contributed by atoms with E-state index >= 15 is 0 Å². The van der Waals surface area contributed by atoms with E-state index in [1.54, 1.807) is 24.3 Å². The van der Waals surface area contributed by atoms with Crippen molar-refractivity contribution in [2.45, 2.75) is 12.5 Å². The summed E-state index contributed by atoms with van der Waals surface area (Å²) in [6, 6.07) is 8.83. The Hall–Kier alpha value is -3.39. The molecule has 1 saturated heterocycles. The number of carbonyl (C=O) groups excluding carboxylic acids is 2. The van der Waals surface area contributed by atoms with Gasteiger partial charge < -0.3 is 15.5 Å². The van der Waals surface area contributed by atoms with Gasteiger partial charge in [0, 0.05) is 10.7 Å². The van der Waals surface area contributed by atoms with Gasteiger partial charge >= 0.3 is 11.9 Å². The maximum absolute atomic E-state index is 12.7. The summed E-state index contributed by atoms with van der Waals surface area (Å²) in [7, 11) is 0. The van der Waals surface area contributed by atoms with Crippen molar-refractivity contribution < 1.29 is 29.4 Å². The normalized spacial score (nSPS) is 16.5. The third-order valence-corrected chi connectivity index (χ3v) is 4.25. The molecule has 2 aromatic carbocycles. The van der Waals surface area contributed by atoms with Crippen LogP contribution in [0.15, 0.2) is 42.5 Å². The lowest BCUT2D eigenvalue weighted by Gasteiger charge is -2.17. The predicted octanol–water partition coefficient (Wildman–Crippen LogP) is 2.48. The van der Waals surface area contributed by atoms with Crippen molar-refractivity contribution in [3.05, 3.63) is 58.6 Å². The number of hydrogen-bond donors (Lipinski definition) is 3. The third kappa shape index (κ3) is 3.75. The average Bonchev–Trinajstić information content (AvgIpc) is 2.90. The van der Waals surface area contributed by atoms with Crippen molar-refractivity contribution >= 4 is 46.7 Å². The second-order valence-corrected chi connectivity index (χ2v) is 6.29. The molecule has 8 nitrogen and oxygen atoms in total. The van der Waals surface area contributed by atoms with E-state index in [0.717, 1.165) is 23.1 Å². The quantitative estimate of drug-likeness (QED) is 0.672. The standard InChI is InChI=1S/C18H13ClN2O6/c19-11-1-3-12(4-2-11)20-14-8-15(22)21(16(14)23)13-6-9(17(24)25)5-10(7-13)18(26)27/h1-7,14,20H,8H2,(H,24,25)(H,26,27). The minimum absolute atomic E-state index is 0.0947. The Kier molecular flexibility index (Phi) is 4.83. The van der Waals surface area contributed by atoms with Crippen molar-refractivity contribution in [3.8, 4) is 0 Å². The zero-order chi connectivity index (χ0) is 19.7. The molecule has 0 bridgehead atoms. The Balaban J connectivity index is 1.92. The van der Waals surface area contributed by atoms with Crippen LogP contribution in [0.5, 0.6) is 0 Å². The Labute approximate surface area is 158 Å². The number of hydrogen-bond acceptors (Lipinski definition) is 5. The molecule has 1 unspecified atom stereocenters. The van der Waals surface area contributed by atoms with Crippen LogP contribution in [0.2, 0.25) is 5.02 Å². The van der Waals surface area contributed by atoms with Crippen LogP contribution in [0.3, 0.4) is 0 Å². The fraction of sp³-hybridized carbons (Fsp3) is 0.111. The Bertz CT molecular complexity index is 925. The number of carbonyl (C=O) groups is 4. The van der Waals surface area contributed by atoms with Gasteiger partial charge in [0.25, 0.3) is 5.91 Å². The van der Waals surface area contributed by atoms with E-state index in [1.165, 1.54) is 0 Å². The third-order valence-electron chi connectivity index (χ3n) is 4.00. The fourth-order valence-electron chi connectivity index (χ4n) is 2.75. The minimum Gasteiger partial charge on any atom is -0.478 e. The van der Waals surface area contributed by atoms with Gasteiger partial charge in [0.05, 0.1) is 23.2 Å². The molecule has 0 radical (unpaired) electrons. The molecule has 2 amide bonds. The fourth-order valence-corrected chi connectivity index (χ4v) is 2.88. The summed E-state index contributed by atoms with van der Waals surface area (Å²) in [6.07, 6.45) is -0.152. The average molecular weight is 389 g/mol. The lowest BCUT2D eigenvalue weighted by atomic mass is 10.1. The molecule has 3 N–H and O–H groups in total. The summed E-state index contributed by atoms with van der Waals surface area (Å²) in [5.41, 5.74) is -0.181. The lowest BCUT2D eigenvalue weighted by Crippen LogP contribution is -2.35. The molecule has 0 aliphatic carbocycles. The van der Waals surface area contributed by atoms with Crippen LogP contribution in [-0.4, -0.2) is 40.0 Å². The van der Waals surface area contributed by atoms with E-state index in [-0.39, 0.29) is 23.2 Å². The van der Waals surface area contributed by atoms with Crippen LogP contribution in [-0.2, 0) is 9.59 Å². The van der Waals surface area contributed by atoms with E-state index in [1.807, 2.05) is 0 Å². The summed E-state index contributed by atoms with van der Waals surface area (Å²) in [4.78, 5) is 48.3. The molecular formula is C18H13ClN2O6. The highest BCUT2D eigenvalue weighted by atomic mass is 35.5. The number of anilines is 2. The van der Waals surface area contributed by atoms with Crippen molar-refractivity contribution in [1.82, 2.24) is 0 Å². The molecule has 0 spiro atoms. The SMILES string of the molecule is O=C(O)c1cc(C(=O)O)cc(N2C(=O)CC(Nc3ccc(Cl)cc3)C2=O)c1. The second-order valence-electron chi connectivity index (χ2n) is 5.85. The molecule has 27 heavy (non-hydrogen) atoms. The molecule has 138 valence electrons. The highest BCUT2D eigenvalue weighted by Crippen LogP contribution is 2.27. The Morgan fingerprint density at radius 1 is 1.00 bits per heavy atom. The van der Waals surface area contributed by atoms with Crippen molar-refractivity contribution in [2.75, 3.05) is 10.2 Å². The molecule has 0 saturated carbocycles. The molecule has 1 aliphatic heterocycles. The van der Waals surface area contributed by atoms with Gasteiger partial charge in [-0.3, -0.25) is 9.59 Å². The van der Waals surface area contributed by atoms with Gasteiger partial charge in [0.15, 0.2) is 0 Å². The number of amides is 2. The van der Waals surface area contributed by atoms with Gasteiger partial charge in [-0.1, -0.05) is 11.6 Å². The van der Waals surface area contributed by atoms with E-state index < -0.39 is 29.8 Å². The number of rotatable bonds is 5. The van der Waals surface area contributed by atoms with E-state index in [9.17, 15) is 19.2 Å². The molecule has 2 aromatic rings. The smallest absolute Gasteiger partial charge is 0.335 e. The first kappa shape index (κ1) is 18.4.